The van der Waals surface area contributed by atoms with E-state index in [1.807, 2.05) is 31.2 Å². The highest BCUT2D eigenvalue weighted by Crippen LogP contribution is 2.17. The van der Waals surface area contributed by atoms with Gasteiger partial charge in [0.05, 0.1) is 0 Å². The first-order chi connectivity index (χ1) is 8.66. The maximum atomic E-state index is 13.4. The van der Waals surface area contributed by atoms with Gasteiger partial charge in [-0.2, -0.15) is 0 Å². The number of rotatable bonds is 4. The number of nitrogens with one attached hydrogen (secondary N) is 1. The van der Waals surface area contributed by atoms with Crippen LogP contribution in [0, 0.1) is 12.7 Å². The Bertz CT molecular complexity index is 540. The SMILES string of the molecule is Cc1ccc(CNCc2ccccc2F)c(Cl)c1. The van der Waals surface area contributed by atoms with Crippen LogP contribution < -0.4 is 5.32 Å². The first kappa shape index (κ1) is 13.1. The van der Waals surface area contributed by atoms with E-state index in [9.17, 15) is 4.39 Å². The van der Waals surface area contributed by atoms with E-state index in [0.717, 1.165) is 16.1 Å². The third-order valence-corrected chi connectivity index (χ3v) is 3.15. The van der Waals surface area contributed by atoms with Crippen LogP contribution in [0.5, 0.6) is 0 Å². The normalized spacial score (nSPS) is 10.6. The Morgan fingerprint density at radius 2 is 1.78 bits per heavy atom. The van der Waals surface area contributed by atoms with Crippen LogP contribution in [0.3, 0.4) is 0 Å². The molecule has 0 heterocycles. The summed E-state index contributed by atoms with van der Waals surface area (Å²) in [6.45, 7) is 3.13. The molecule has 18 heavy (non-hydrogen) atoms. The van der Waals surface area contributed by atoms with E-state index in [1.54, 1.807) is 12.1 Å². The average molecular weight is 264 g/mol. The van der Waals surface area contributed by atoms with E-state index in [-0.39, 0.29) is 5.82 Å². The van der Waals surface area contributed by atoms with Crippen molar-refractivity contribution in [2.75, 3.05) is 0 Å². The standard InChI is InChI=1S/C15H15ClFN/c1-11-6-7-12(14(16)8-11)9-18-10-13-4-2-3-5-15(13)17/h2-8,18H,9-10H2,1H3. The molecule has 1 N–H and O–H groups in total. The van der Waals surface area contributed by atoms with Gasteiger partial charge in [0.25, 0.3) is 0 Å². The van der Waals surface area contributed by atoms with Gasteiger partial charge in [-0.3, -0.25) is 0 Å². The average Bonchev–Trinajstić information content (AvgIpc) is 2.34. The summed E-state index contributed by atoms with van der Waals surface area (Å²) >= 11 is 6.13. The number of hydrogen-bond acceptors (Lipinski definition) is 1. The van der Waals surface area contributed by atoms with E-state index in [4.69, 9.17) is 11.6 Å². The van der Waals surface area contributed by atoms with E-state index < -0.39 is 0 Å². The summed E-state index contributed by atoms with van der Waals surface area (Å²) in [4.78, 5) is 0. The van der Waals surface area contributed by atoms with Gasteiger partial charge in [0, 0.05) is 23.7 Å². The third kappa shape index (κ3) is 3.31. The van der Waals surface area contributed by atoms with Gasteiger partial charge in [0.1, 0.15) is 5.82 Å². The fourth-order valence-corrected chi connectivity index (χ4v) is 2.07. The lowest BCUT2D eigenvalue weighted by Crippen LogP contribution is -2.14. The first-order valence-electron chi connectivity index (χ1n) is 5.86. The number of halogens is 2. The van der Waals surface area contributed by atoms with E-state index >= 15 is 0 Å². The molecule has 0 aliphatic rings. The maximum Gasteiger partial charge on any atom is 0.127 e. The van der Waals surface area contributed by atoms with Crippen LogP contribution in [0.4, 0.5) is 4.39 Å². The Hall–Kier alpha value is -1.38. The summed E-state index contributed by atoms with van der Waals surface area (Å²) in [5.41, 5.74) is 2.83. The van der Waals surface area contributed by atoms with Gasteiger partial charge in [0.15, 0.2) is 0 Å². The molecular weight excluding hydrogens is 249 g/mol. The van der Waals surface area contributed by atoms with Crippen molar-refractivity contribution in [3.63, 3.8) is 0 Å². The van der Waals surface area contributed by atoms with Gasteiger partial charge in [0.2, 0.25) is 0 Å². The zero-order chi connectivity index (χ0) is 13.0. The Morgan fingerprint density at radius 1 is 1.06 bits per heavy atom. The fraction of sp³-hybridized carbons (Fsp3) is 0.200. The molecule has 2 aromatic rings. The molecule has 0 saturated carbocycles. The number of hydrogen-bond donors (Lipinski definition) is 1. The minimum Gasteiger partial charge on any atom is -0.308 e. The van der Waals surface area contributed by atoms with Crippen molar-refractivity contribution in [1.29, 1.82) is 0 Å². The molecule has 0 fully saturated rings. The summed E-state index contributed by atoms with van der Waals surface area (Å²) in [6, 6.07) is 12.7. The highest BCUT2D eigenvalue weighted by atomic mass is 35.5. The summed E-state index contributed by atoms with van der Waals surface area (Å²) in [7, 11) is 0. The van der Waals surface area contributed by atoms with E-state index in [2.05, 4.69) is 5.32 Å². The van der Waals surface area contributed by atoms with Crippen molar-refractivity contribution in [3.8, 4) is 0 Å². The lowest BCUT2D eigenvalue weighted by Gasteiger charge is -2.08. The van der Waals surface area contributed by atoms with Crippen molar-refractivity contribution >= 4 is 11.6 Å². The molecular formula is C15H15ClFN. The Morgan fingerprint density at radius 3 is 2.50 bits per heavy atom. The van der Waals surface area contributed by atoms with Crippen LogP contribution in [-0.2, 0) is 13.1 Å². The van der Waals surface area contributed by atoms with E-state index in [0.29, 0.717) is 18.7 Å². The van der Waals surface area contributed by atoms with Crippen molar-refractivity contribution in [2.45, 2.75) is 20.0 Å². The van der Waals surface area contributed by atoms with Crippen LogP contribution in [-0.4, -0.2) is 0 Å². The quantitative estimate of drug-likeness (QED) is 0.877. The minimum atomic E-state index is -0.181. The predicted octanol–water partition coefficient (Wildman–Crippen LogP) is 4.08. The fourth-order valence-electron chi connectivity index (χ4n) is 1.77. The number of aryl methyl sites for hydroxylation is 1. The molecule has 0 aliphatic carbocycles. The summed E-state index contributed by atoms with van der Waals surface area (Å²) in [5, 5.41) is 3.94. The molecule has 0 aromatic heterocycles. The summed E-state index contributed by atoms with van der Waals surface area (Å²) in [5.74, 6) is -0.181. The van der Waals surface area contributed by atoms with E-state index in [1.165, 1.54) is 6.07 Å². The second kappa shape index (κ2) is 5.98. The van der Waals surface area contributed by atoms with Gasteiger partial charge in [-0.1, -0.05) is 41.9 Å². The third-order valence-electron chi connectivity index (χ3n) is 2.80. The van der Waals surface area contributed by atoms with Gasteiger partial charge in [-0.15, -0.1) is 0 Å². The Labute approximate surface area is 112 Å². The van der Waals surface area contributed by atoms with Crippen LogP contribution in [0.2, 0.25) is 5.02 Å². The molecule has 2 aromatic carbocycles. The van der Waals surface area contributed by atoms with Crippen molar-refractivity contribution in [1.82, 2.24) is 5.32 Å². The molecule has 94 valence electrons. The molecule has 0 saturated heterocycles. The molecule has 0 bridgehead atoms. The molecule has 0 unspecified atom stereocenters. The highest BCUT2D eigenvalue weighted by molar-refractivity contribution is 6.31. The van der Waals surface area contributed by atoms with Crippen molar-refractivity contribution < 1.29 is 4.39 Å². The molecule has 0 aliphatic heterocycles. The second-order valence-electron chi connectivity index (χ2n) is 4.29. The zero-order valence-corrected chi connectivity index (χ0v) is 11.0. The molecule has 0 amide bonds. The molecule has 1 nitrogen and oxygen atoms in total. The lowest BCUT2D eigenvalue weighted by atomic mass is 10.1. The van der Waals surface area contributed by atoms with Gasteiger partial charge in [-0.25, -0.2) is 4.39 Å². The van der Waals surface area contributed by atoms with Crippen LogP contribution in [0.25, 0.3) is 0 Å². The van der Waals surface area contributed by atoms with Crippen LogP contribution in [0.1, 0.15) is 16.7 Å². The van der Waals surface area contributed by atoms with Gasteiger partial charge in [-0.05, 0) is 30.2 Å². The van der Waals surface area contributed by atoms with Crippen molar-refractivity contribution in [2.24, 2.45) is 0 Å². The molecule has 3 heteroatoms. The largest absolute Gasteiger partial charge is 0.308 e. The topological polar surface area (TPSA) is 12.0 Å². The molecule has 0 atom stereocenters. The summed E-state index contributed by atoms with van der Waals surface area (Å²) in [6.07, 6.45) is 0. The minimum absolute atomic E-state index is 0.181. The zero-order valence-electron chi connectivity index (χ0n) is 10.2. The predicted molar refractivity (Wildman–Crippen MR) is 73.1 cm³/mol. The van der Waals surface area contributed by atoms with Gasteiger partial charge < -0.3 is 5.32 Å². The second-order valence-corrected chi connectivity index (χ2v) is 4.70. The lowest BCUT2D eigenvalue weighted by molar-refractivity contribution is 0.588. The van der Waals surface area contributed by atoms with Crippen molar-refractivity contribution in [3.05, 3.63) is 70.0 Å². The molecule has 0 spiro atoms. The monoisotopic (exact) mass is 263 g/mol. The smallest absolute Gasteiger partial charge is 0.127 e. The maximum absolute atomic E-state index is 13.4. The van der Waals surface area contributed by atoms with Crippen LogP contribution in [0.15, 0.2) is 42.5 Å². The molecule has 2 rings (SSSR count). The number of benzene rings is 2. The highest BCUT2D eigenvalue weighted by Gasteiger charge is 2.02. The first-order valence-corrected chi connectivity index (χ1v) is 6.24. The Kier molecular flexibility index (Phi) is 4.34. The van der Waals surface area contributed by atoms with Crippen LogP contribution >= 0.6 is 11.6 Å². The summed E-state index contributed by atoms with van der Waals surface area (Å²) < 4.78 is 13.4. The van der Waals surface area contributed by atoms with Gasteiger partial charge >= 0.3 is 0 Å². The Balaban J connectivity index is 1.95. The molecule has 0 radical (unpaired) electrons.